The van der Waals surface area contributed by atoms with Gasteiger partial charge in [0, 0.05) is 6.42 Å². The van der Waals surface area contributed by atoms with Crippen LogP contribution in [-0.4, -0.2) is 32.5 Å². The van der Waals surface area contributed by atoms with E-state index in [9.17, 15) is 18.0 Å². The van der Waals surface area contributed by atoms with Crippen LogP contribution < -0.4 is 10.2 Å². The van der Waals surface area contributed by atoms with Crippen molar-refractivity contribution in [3.63, 3.8) is 0 Å². The highest BCUT2D eigenvalue weighted by Gasteiger charge is 2.27. The van der Waals surface area contributed by atoms with E-state index < -0.39 is 15.7 Å². The van der Waals surface area contributed by atoms with E-state index in [4.69, 9.17) is 0 Å². The molecule has 0 unspecified atom stereocenters. The van der Waals surface area contributed by atoms with Gasteiger partial charge in [0.15, 0.2) is 9.84 Å². The molecule has 1 heterocycles. The first-order chi connectivity index (χ1) is 11.9. The summed E-state index contributed by atoms with van der Waals surface area (Å²) in [6, 6.07) is 13.5. The van der Waals surface area contributed by atoms with Crippen molar-refractivity contribution in [2.45, 2.75) is 18.2 Å². The zero-order chi connectivity index (χ0) is 18.0. The molecular formula is C18H18N2O4S. The van der Waals surface area contributed by atoms with Crippen LogP contribution in [-0.2, 0) is 19.4 Å². The average molecular weight is 358 g/mol. The summed E-state index contributed by atoms with van der Waals surface area (Å²) in [5, 5.41) is 2.70. The molecular weight excluding hydrogens is 340 g/mol. The summed E-state index contributed by atoms with van der Waals surface area (Å²) in [6.45, 7) is 1.76. The van der Waals surface area contributed by atoms with Crippen LogP contribution in [0.25, 0.3) is 0 Å². The van der Waals surface area contributed by atoms with E-state index in [1.54, 1.807) is 48.5 Å². The largest absolute Gasteiger partial charge is 0.323 e. The highest BCUT2D eigenvalue weighted by molar-refractivity contribution is 7.91. The molecule has 1 N–H and O–H groups in total. The van der Waals surface area contributed by atoms with Gasteiger partial charge in [-0.05, 0) is 31.2 Å². The van der Waals surface area contributed by atoms with E-state index in [2.05, 4.69) is 5.32 Å². The maximum Gasteiger partial charge on any atom is 0.244 e. The van der Waals surface area contributed by atoms with Crippen molar-refractivity contribution in [2.75, 3.05) is 22.5 Å². The lowest BCUT2D eigenvalue weighted by Gasteiger charge is -2.29. The number of sulfone groups is 1. The number of rotatable bonds is 4. The van der Waals surface area contributed by atoms with Crippen LogP contribution in [0, 0.1) is 6.92 Å². The van der Waals surface area contributed by atoms with E-state index in [1.165, 1.54) is 4.90 Å². The number of carbonyl (C=O) groups excluding carboxylic acids is 2. The number of para-hydroxylation sites is 2. The second kappa shape index (κ2) is 6.68. The molecule has 0 aromatic heterocycles. The topological polar surface area (TPSA) is 83.6 Å². The molecule has 3 rings (SSSR count). The van der Waals surface area contributed by atoms with Crippen molar-refractivity contribution < 1.29 is 18.0 Å². The summed E-state index contributed by atoms with van der Waals surface area (Å²) < 4.78 is 24.8. The summed E-state index contributed by atoms with van der Waals surface area (Å²) >= 11 is 0. The number of anilines is 2. The van der Waals surface area contributed by atoms with Gasteiger partial charge in [0.2, 0.25) is 11.8 Å². The fourth-order valence-corrected chi connectivity index (χ4v) is 3.91. The minimum absolute atomic E-state index is 0.111. The van der Waals surface area contributed by atoms with Crippen LogP contribution in [0.4, 0.5) is 11.4 Å². The Hall–Kier alpha value is -2.67. The fourth-order valence-electron chi connectivity index (χ4n) is 2.68. The second-order valence-corrected chi connectivity index (χ2v) is 8.04. The minimum atomic E-state index is -3.55. The van der Waals surface area contributed by atoms with Gasteiger partial charge in [-0.15, -0.1) is 0 Å². The lowest BCUT2D eigenvalue weighted by Crippen LogP contribution is -2.42. The standard InChI is InChI=1S/C18H18N2O4S/c1-13-6-8-14(9-7-13)25(23,24)11-10-18(22)20-12-17(21)19-15-4-2-3-5-16(15)20/h2-9H,10-12H2,1H3,(H,19,21). The number of benzene rings is 2. The molecule has 2 aromatic rings. The fraction of sp³-hybridized carbons (Fsp3) is 0.222. The molecule has 6 nitrogen and oxygen atoms in total. The number of hydrogen-bond acceptors (Lipinski definition) is 4. The molecule has 25 heavy (non-hydrogen) atoms. The first-order valence-corrected chi connectivity index (χ1v) is 9.51. The Morgan fingerprint density at radius 3 is 2.52 bits per heavy atom. The van der Waals surface area contributed by atoms with Crippen molar-refractivity contribution >= 4 is 33.0 Å². The normalized spacial score (nSPS) is 14.0. The van der Waals surface area contributed by atoms with Gasteiger partial charge in [-0.3, -0.25) is 9.59 Å². The number of nitrogens with one attached hydrogen (secondary N) is 1. The van der Waals surface area contributed by atoms with Gasteiger partial charge >= 0.3 is 0 Å². The van der Waals surface area contributed by atoms with E-state index in [1.807, 2.05) is 6.92 Å². The summed E-state index contributed by atoms with van der Waals surface area (Å²) in [5.41, 5.74) is 2.10. The molecule has 0 saturated heterocycles. The molecule has 0 saturated carbocycles. The van der Waals surface area contributed by atoms with Gasteiger partial charge < -0.3 is 10.2 Å². The van der Waals surface area contributed by atoms with E-state index in [-0.39, 0.29) is 29.5 Å². The molecule has 0 atom stereocenters. The first-order valence-electron chi connectivity index (χ1n) is 7.85. The lowest BCUT2D eigenvalue weighted by molar-refractivity contribution is -0.121. The van der Waals surface area contributed by atoms with Crippen molar-refractivity contribution in [3.05, 3.63) is 54.1 Å². The summed E-state index contributed by atoms with van der Waals surface area (Å²) in [6.07, 6.45) is -0.183. The average Bonchev–Trinajstić information content (AvgIpc) is 2.59. The zero-order valence-electron chi connectivity index (χ0n) is 13.7. The van der Waals surface area contributed by atoms with Gasteiger partial charge in [-0.1, -0.05) is 29.8 Å². The van der Waals surface area contributed by atoms with E-state index >= 15 is 0 Å². The molecule has 130 valence electrons. The number of fused-ring (bicyclic) bond motifs is 1. The van der Waals surface area contributed by atoms with Gasteiger partial charge in [0.1, 0.15) is 6.54 Å². The van der Waals surface area contributed by atoms with Crippen molar-refractivity contribution in [3.8, 4) is 0 Å². The number of amides is 2. The van der Waals surface area contributed by atoms with Crippen LogP contribution in [0.2, 0.25) is 0 Å². The number of carbonyl (C=O) groups is 2. The summed E-state index contributed by atoms with van der Waals surface area (Å²) in [5.74, 6) is -0.985. The van der Waals surface area contributed by atoms with Crippen molar-refractivity contribution in [2.24, 2.45) is 0 Å². The molecule has 1 aliphatic rings. The molecule has 1 aliphatic heterocycles. The SMILES string of the molecule is Cc1ccc(S(=O)(=O)CCC(=O)N2CC(=O)Nc3ccccc32)cc1. The zero-order valence-corrected chi connectivity index (χ0v) is 14.5. The maximum atomic E-state index is 12.5. The van der Waals surface area contributed by atoms with Crippen LogP contribution in [0.1, 0.15) is 12.0 Å². The monoisotopic (exact) mass is 358 g/mol. The molecule has 7 heteroatoms. The van der Waals surface area contributed by atoms with Crippen LogP contribution >= 0.6 is 0 Å². The maximum absolute atomic E-state index is 12.5. The van der Waals surface area contributed by atoms with Gasteiger partial charge in [-0.2, -0.15) is 0 Å². The molecule has 2 aromatic carbocycles. The summed E-state index contributed by atoms with van der Waals surface area (Å²) in [4.78, 5) is 25.8. The Kier molecular flexibility index (Phi) is 4.59. The van der Waals surface area contributed by atoms with Gasteiger partial charge in [0.25, 0.3) is 0 Å². The third-order valence-corrected chi connectivity index (χ3v) is 5.77. The Morgan fingerprint density at radius 1 is 1.12 bits per heavy atom. The second-order valence-electron chi connectivity index (χ2n) is 5.93. The van der Waals surface area contributed by atoms with E-state index in [0.717, 1.165) is 5.56 Å². The highest BCUT2D eigenvalue weighted by atomic mass is 32.2. The quantitative estimate of drug-likeness (QED) is 0.908. The van der Waals surface area contributed by atoms with Crippen molar-refractivity contribution in [1.82, 2.24) is 0 Å². The summed E-state index contributed by atoms with van der Waals surface area (Å²) in [7, 11) is -3.55. The molecule has 0 bridgehead atoms. The predicted molar refractivity (Wildman–Crippen MR) is 95.3 cm³/mol. The predicted octanol–water partition coefficient (Wildman–Crippen LogP) is 2.14. The van der Waals surface area contributed by atoms with Crippen molar-refractivity contribution in [1.29, 1.82) is 0 Å². The smallest absolute Gasteiger partial charge is 0.244 e. The van der Waals surface area contributed by atoms with Crippen LogP contribution in [0.5, 0.6) is 0 Å². The van der Waals surface area contributed by atoms with Crippen LogP contribution in [0.3, 0.4) is 0 Å². The number of hydrogen-bond donors (Lipinski definition) is 1. The molecule has 0 spiro atoms. The molecule has 0 fully saturated rings. The van der Waals surface area contributed by atoms with Gasteiger partial charge in [0.05, 0.1) is 22.0 Å². The molecule has 0 radical (unpaired) electrons. The minimum Gasteiger partial charge on any atom is -0.323 e. The number of nitrogens with zero attached hydrogens (tertiary/aromatic N) is 1. The third-order valence-electron chi connectivity index (χ3n) is 4.04. The first kappa shape index (κ1) is 17.2. The molecule has 2 amide bonds. The van der Waals surface area contributed by atoms with E-state index in [0.29, 0.717) is 11.4 Å². The Bertz CT molecular complexity index is 920. The number of aryl methyl sites for hydroxylation is 1. The third kappa shape index (κ3) is 3.71. The van der Waals surface area contributed by atoms with Crippen LogP contribution in [0.15, 0.2) is 53.4 Å². The Morgan fingerprint density at radius 2 is 1.80 bits per heavy atom. The molecule has 0 aliphatic carbocycles. The Labute approximate surface area is 146 Å². The highest BCUT2D eigenvalue weighted by Crippen LogP contribution is 2.29. The lowest BCUT2D eigenvalue weighted by atomic mass is 10.2. The Balaban J connectivity index is 1.75. The van der Waals surface area contributed by atoms with Gasteiger partial charge in [-0.25, -0.2) is 8.42 Å².